The molecule has 4 aromatic carbocycles. The maximum absolute atomic E-state index is 12.9. The molecule has 176 valence electrons. The van der Waals surface area contributed by atoms with Gasteiger partial charge in [0.2, 0.25) is 0 Å². The Morgan fingerprint density at radius 1 is 0.714 bits per heavy atom. The predicted molar refractivity (Wildman–Crippen MR) is 141 cm³/mol. The molecule has 0 aliphatic carbocycles. The fourth-order valence-electron chi connectivity index (χ4n) is 4.12. The summed E-state index contributed by atoms with van der Waals surface area (Å²) >= 11 is 1.60. The molecule has 0 aliphatic rings. The SMILES string of the molecule is COC(=O)[C@H](CSC(c1ccccc1)(c1ccccc1)c1ccccc1)NC(=O)c1ccccc1. The van der Waals surface area contributed by atoms with Crippen molar-refractivity contribution >= 4 is 23.6 Å². The summed E-state index contributed by atoms with van der Waals surface area (Å²) in [5, 5.41) is 2.88. The van der Waals surface area contributed by atoms with Crippen molar-refractivity contribution < 1.29 is 14.3 Å². The molecule has 1 amide bonds. The second kappa shape index (κ2) is 11.5. The van der Waals surface area contributed by atoms with Gasteiger partial charge in [-0.15, -0.1) is 11.8 Å². The van der Waals surface area contributed by atoms with Gasteiger partial charge in [-0.25, -0.2) is 4.79 Å². The highest BCUT2D eigenvalue weighted by Crippen LogP contribution is 2.48. The molecule has 0 radical (unpaired) electrons. The van der Waals surface area contributed by atoms with Gasteiger partial charge >= 0.3 is 5.97 Å². The zero-order valence-electron chi connectivity index (χ0n) is 19.5. The Bertz CT molecular complexity index is 1140. The number of thioether (sulfide) groups is 1. The number of hydrogen-bond donors (Lipinski definition) is 1. The first kappa shape index (κ1) is 24.3. The Labute approximate surface area is 210 Å². The van der Waals surface area contributed by atoms with Gasteiger partial charge in [-0.1, -0.05) is 109 Å². The number of esters is 1. The van der Waals surface area contributed by atoms with Crippen LogP contribution < -0.4 is 5.32 Å². The lowest BCUT2D eigenvalue weighted by atomic mass is 9.84. The van der Waals surface area contributed by atoms with Gasteiger partial charge < -0.3 is 10.1 Å². The van der Waals surface area contributed by atoms with Crippen LogP contribution in [0.4, 0.5) is 0 Å². The van der Waals surface area contributed by atoms with Gasteiger partial charge in [-0.05, 0) is 28.8 Å². The molecule has 4 rings (SSSR count). The molecule has 0 saturated heterocycles. The third-order valence-corrected chi connectivity index (χ3v) is 7.47. The zero-order chi connectivity index (χ0) is 24.5. The smallest absolute Gasteiger partial charge is 0.329 e. The minimum atomic E-state index is -0.826. The first-order valence-corrected chi connectivity index (χ1v) is 12.4. The highest BCUT2D eigenvalue weighted by atomic mass is 32.2. The molecule has 0 bridgehead atoms. The molecule has 0 aromatic heterocycles. The number of methoxy groups -OCH3 is 1. The van der Waals surface area contributed by atoms with Crippen molar-refractivity contribution in [2.45, 2.75) is 10.8 Å². The van der Waals surface area contributed by atoms with Crippen molar-refractivity contribution in [1.29, 1.82) is 0 Å². The van der Waals surface area contributed by atoms with E-state index in [1.807, 2.05) is 60.7 Å². The monoisotopic (exact) mass is 481 g/mol. The molecule has 5 heteroatoms. The number of rotatable bonds is 9. The van der Waals surface area contributed by atoms with Gasteiger partial charge in [0.15, 0.2) is 0 Å². The fraction of sp³-hybridized carbons (Fsp3) is 0.133. The van der Waals surface area contributed by atoms with Gasteiger partial charge in [-0.3, -0.25) is 4.79 Å². The van der Waals surface area contributed by atoms with Crippen molar-refractivity contribution in [3.8, 4) is 0 Å². The third kappa shape index (κ3) is 5.47. The first-order valence-electron chi connectivity index (χ1n) is 11.4. The molecule has 0 saturated carbocycles. The molecular formula is C30H27NO3S. The maximum atomic E-state index is 12.9. The average molecular weight is 482 g/mol. The fourth-order valence-corrected chi connectivity index (χ4v) is 5.66. The zero-order valence-corrected chi connectivity index (χ0v) is 20.3. The summed E-state index contributed by atoms with van der Waals surface area (Å²) in [7, 11) is 1.34. The Balaban J connectivity index is 1.75. The van der Waals surface area contributed by atoms with Crippen LogP contribution in [0.25, 0.3) is 0 Å². The van der Waals surface area contributed by atoms with Crippen molar-refractivity contribution in [2.75, 3.05) is 12.9 Å². The van der Waals surface area contributed by atoms with Crippen LogP contribution >= 0.6 is 11.8 Å². The molecule has 4 nitrogen and oxygen atoms in total. The minimum absolute atomic E-state index is 0.309. The number of carbonyl (C=O) groups excluding carboxylic acids is 2. The van der Waals surface area contributed by atoms with Gasteiger partial charge in [0.1, 0.15) is 6.04 Å². The second-order valence-corrected chi connectivity index (χ2v) is 9.24. The van der Waals surface area contributed by atoms with Gasteiger partial charge in [0, 0.05) is 11.3 Å². The lowest BCUT2D eigenvalue weighted by molar-refractivity contribution is -0.142. The van der Waals surface area contributed by atoms with Crippen LogP contribution in [-0.2, 0) is 14.3 Å². The van der Waals surface area contributed by atoms with Crippen molar-refractivity contribution in [1.82, 2.24) is 5.32 Å². The number of carbonyl (C=O) groups is 2. The van der Waals surface area contributed by atoms with Gasteiger partial charge in [0.25, 0.3) is 5.91 Å². The van der Waals surface area contributed by atoms with E-state index in [9.17, 15) is 9.59 Å². The van der Waals surface area contributed by atoms with Crippen LogP contribution in [0.2, 0.25) is 0 Å². The Morgan fingerprint density at radius 3 is 1.51 bits per heavy atom. The maximum Gasteiger partial charge on any atom is 0.329 e. The summed E-state index contributed by atoms with van der Waals surface area (Å²) in [6, 6.07) is 38.7. The molecule has 1 atom stereocenters. The third-order valence-electron chi connectivity index (χ3n) is 5.83. The first-order chi connectivity index (χ1) is 17.1. The highest BCUT2D eigenvalue weighted by molar-refractivity contribution is 8.00. The topological polar surface area (TPSA) is 55.4 Å². The summed E-state index contributed by atoms with van der Waals surface area (Å²) in [4.78, 5) is 25.6. The lowest BCUT2D eigenvalue weighted by Gasteiger charge is -2.36. The van der Waals surface area contributed by atoms with E-state index in [0.29, 0.717) is 11.3 Å². The quantitative estimate of drug-likeness (QED) is 0.247. The van der Waals surface area contributed by atoms with Gasteiger partial charge in [-0.2, -0.15) is 0 Å². The summed E-state index contributed by atoms with van der Waals surface area (Å²) in [5.74, 6) is -0.486. The van der Waals surface area contributed by atoms with E-state index in [1.54, 1.807) is 36.0 Å². The Hall–Kier alpha value is -3.83. The Morgan fingerprint density at radius 2 is 1.11 bits per heavy atom. The van der Waals surface area contributed by atoms with E-state index in [0.717, 1.165) is 16.7 Å². The van der Waals surface area contributed by atoms with Crippen LogP contribution in [0.15, 0.2) is 121 Å². The lowest BCUT2D eigenvalue weighted by Crippen LogP contribution is -2.44. The Kier molecular flexibility index (Phi) is 8.01. The number of nitrogens with one attached hydrogen (secondary N) is 1. The molecule has 0 unspecified atom stereocenters. The number of ether oxygens (including phenoxy) is 1. The van der Waals surface area contributed by atoms with Crippen LogP contribution in [0.5, 0.6) is 0 Å². The molecule has 0 spiro atoms. The van der Waals surface area contributed by atoms with E-state index in [2.05, 4.69) is 41.7 Å². The van der Waals surface area contributed by atoms with E-state index in [4.69, 9.17) is 4.74 Å². The van der Waals surface area contributed by atoms with E-state index >= 15 is 0 Å². The number of hydrogen-bond acceptors (Lipinski definition) is 4. The largest absolute Gasteiger partial charge is 0.467 e. The van der Waals surface area contributed by atoms with Crippen LogP contribution in [0, 0.1) is 0 Å². The molecule has 35 heavy (non-hydrogen) atoms. The summed E-state index contributed by atoms with van der Waals surface area (Å²) < 4.78 is 4.46. The van der Waals surface area contributed by atoms with Crippen LogP contribution in [-0.4, -0.2) is 30.8 Å². The molecule has 0 heterocycles. The normalized spacial score (nSPS) is 11.9. The standard InChI is InChI=1S/C30H27NO3S/c1-34-29(33)27(31-28(32)23-14-6-2-7-15-23)22-35-30(24-16-8-3-9-17-24,25-18-10-4-11-19-25)26-20-12-5-13-21-26/h2-21,27H,22H2,1H3,(H,31,32)/t27-/m0/s1. The number of benzene rings is 4. The molecule has 4 aromatic rings. The van der Waals surface area contributed by atoms with Crippen LogP contribution in [0.3, 0.4) is 0 Å². The van der Waals surface area contributed by atoms with Crippen LogP contribution in [0.1, 0.15) is 27.0 Å². The molecular weight excluding hydrogens is 454 g/mol. The second-order valence-electron chi connectivity index (χ2n) is 8.01. The molecule has 0 fully saturated rings. The summed E-state index contributed by atoms with van der Waals surface area (Å²) in [6.45, 7) is 0. The summed E-state index contributed by atoms with van der Waals surface area (Å²) in [6.07, 6.45) is 0. The number of amides is 1. The van der Waals surface area contributed by atoms with E-state index < -0.39 is 16.8 Å². The average Bonchev–Trinajstić information content (AvgIpc) is 2.94. The minimum Gasteiger partial charge on any atom is -0.467 e. The summed E-state index contributed by atoms with van der Waals surface area (Å²) in [5.41, 5.74) is 3.74. The van der Waals surface area contributed by atoms with Crippen molar-refractivity contribution in [2.24, 2.45) is 0 Å². The van der Waals surface area contributed by atoms with E-state index in [-0.39, 0.29) is 5.91 Å². The molecule has 0 aliphatic heterocycles. The van der Waals surface area contributed by atoms with Crippen molar-refractivity contribution in [3.63, 3.8) is 0 Å². The van der Waals surface area contributed by atoms with E-state index in [1.165, 1.54) is 7.11 Å². The van der Waals surface area contributed by atoms with Gasteiger partial charge in [0.05, 0.1) is 11.9 Å². The predicted octanol–water partition coefficient (Wildman–Crippen LogP) is 5.68. The highest BCUT2D eigenvalue weighted by Gasteiger charge is 2.38. The van der Waals surface area contributed by atoms with Crippen molar-refractivity contribution in [3.05, 3.63) is 144 Å². The molecule has 1 N–H and O–H groups in total.